The molecule has 96 valence electrons. The predicted octanol–water partition coefficient (Wildman–Crippen LogP) is 0.721. The van der Waals surface area contributed by atoms with E-state index in [1.54, 1.807) is 11.9 Å². The topological polar surface area (TPSA) is 64.8 Å². The lowest BCUT2D eigenvalue weighted by molar-refractivity contribution is -0.131. The smallest absolute Gasteiger partial charge is 0.231 e. The molecular formula is C13H16N2O3. The zero-order chi connectivity index (χ0) is 12.7. The van der Waals surface area contributed by atoms with Crippen LogP contribution in [-0.4, -0.2) is 30.7 Å². The van der Waals surface area contributed by atoms with Crippen LogP contribution in [-0.2, 0) is 11.3 Å². The van der Waals surface area contributed by atoms with Crippen LogP contribution in [0.4, 0.5) is 0 Å². The number of nitrogens with two attached hydrogens (primary N) is 1. The molecule has 5 nitrogen and oxygen atoms in total. The third kappa shape index (κ3) is 2.01. The Kier molecular flexibility index (Phi) is 2.63. The van der Waals surface area contributed by atoms with Gasteiger partial charge in [-0.2, -0.15) is 0 Å². The molecule has 2 atom stereocenters. The van der Waals surface area contributed by atoms with Gasteiger partial charge in [0.2, 0.25) is 12.7 Å². The van der Waals surface area contributed by atoms with Crippen molar-refractivity contribution >= 4 is 5.91 Å². The number of benzene rings is 1. The van der Waals surface area contributed by atoms with E-state index in [4.69, 9.17) is 15.2 Å². The Labute approximate surface area is 105 Å². The molecule has 2 unspecified atom stereocenters. The van der Waals surface area contributed by atoms with Crippen molar-refractivity contribution in [1.82, 2.24) is 4.90 Å². The van der Waals surface area contributed by atoms with Crippen LogP contribution in [0.5, 0.6) is 11.5 Å². The Hall–Kier alpha value is -1.75. The average molecular weight is 248 g/mol. The zero-order valence-corrected chi connectivity index (χ0v) is 10.3. The van der Waals surface area contributed by atoms with E-state index in [-0.39, 0.29) is 24.7 Å². The van der Waals surface area contributed by atoms with Crippen molar-refractivity contribution < 1.29 is 14.3 Å². The van der Waals surface area contributed by atoms with Gasteiger partial charge in [0.15, 0.2) is 11.5 Å². The summed E-state index contributed by atoms with van der Waals surface area (Å²) in [5.41, 5.74) is 6.72. The van der Waals surface area contributed by atoms with Crippen molar-refractivity contribution in [3.05, 3.63) is 23.8 Å². The van der Waals surface area contributed by atoms with Crippen LogP contribution in [0.3, 0.4) is 0 Å². The van der Waals surface area contributed by atoms with Gasteiger partial charge >= 0.3 is 0 Å². The molecule has 0 saturated heterocycles. The number of fused-ring (bicyclic) bond motifs is 1. The number of hydrogen-bond donors (Lipinski definition) is 1. The first-order chi connectivity index (χ1) is 8.65. The van der Waals surface area contributed by atoms with Crippen LogP contribution in [0.25, 0.3) is 0 Å². The van der Waals surface area contributed by atoms with E-state index in [1.165, 1.54) is 0 Å². The van der Waals surface area contributed by atoms with E-state index in [0.717, 1.165) is 23.5 Å². The number of amides is 1. The minimum absolute atomic E-state index is 0.0176. The number of carbonyl (C=O) groups excluding carboxylic acids is 1. The first-order valence-corrected chi connectivity index (χ1v) is 6.04. The van der Waals surface area contributed by atoms with Crippen LogP contribution in [0, 0.1) is 5.92 Å². The Bertz CT molecular complexity index is 489. The fourth-order valence-electron chi connectivity index (χ4n) is 2.17. The molecule has 1 aliphatic heterocycles. The molecular weight excluding hydrogens is 232 g/mol. The second-order valence-corrected chi connectivity index (χ2v) is 4.89. The molecule has 3 rings (SSSR count). The molecule has 5 heteroatoms. The fourth-order valence-corrected chi connectivity index (χ4v) is 2.17. The standard InChI is InChI=1S/C13H16N2O3/c1-15(13(16)9-5-10(9)14)6-8-2-3-11-12(4-8)18-7-17-11/h2-4,9-10H,5-7,14H2,1H3. The lowest BCUT2D eigenvalue weighted by Gasteiger charge is -2.17. The third-order valence-corrected chi connectivity index (χ3v) is 3.39. The molecule has 1 amide bonds. The van der Waals surface area contributed by atoms with E-state index in [0.29, 0.717) is 6.54 Å². The number of carbonyl (C=O) groups is 1. The lowest BCUT2D eigenvalue weighted by Crippen LogP contribution is -2.29. The predicted molar refractivity (Wildman–Crippen MR) is 65.1 cm³/mol. The highest BCUT2D eigenvalue weighted by atomic mass is 16.7. The normalized spacial score (nSPS) is 23.9. The highest BCUT2D eigenvalue weighted by Gasteiger charge is 2.41. The van der Waals surface area contributed by atoms with Gasteiger partial charge in [-0.05, 0) is 24.1 Å². The maximum Gasteiger partial charge on any atom is 0.231 e. The van der Waals surface area contributed by atoms with Gasteiger partial charge in [-0.3, -0.25) is 4.79 Å². The van der Waals surface area contributed by atoms with Crippen molar-refractivity contribution in [1.29, 1.82) is 0 Å². The summed E-state index contributed by atoms with van der Waals surface area (Å²) in [6.45, 7) is 0.836. The quantitative estimate of drug-likeness (QED) is 0.856. The summed E-state index contributed by atoms with van der Waals surface area (Å²) >= 11 is 0. The van der Waals surface area contributed by atoms with E-state index in [9.17, 15) is 4.79 Å². The van der Waals surface area contributed by atoms with Gasteiger partial charge in [0.05, 0.1) is 5.92 Å². The van der Waals surface area contributed by atoms with Crippen LogP contribution in [0.2, 0.25) is 0 Å². The Morgan fingerprint density at radius 1 is 1.44 bits per heavy atom. The Morgan fingerprint density at radius 3 is 2.89 bits per heavy atom. The molecule has 1 saturated carbocycles. The minimum Gasteiger partial charge on any atom is -0.454 e. The third-order valence-electron chi connectivity index (χ3n) is 3.39. The maximum absolute atomic E-state index is 11.9. The van der Waals surface area contributed by atoms with Crippen LogP contribution in [0.1, 0.15) is 12.0 Å². The molecule has 0 aromatic heterocycles. The molecule has 1 aliphatic carbocycles. The fraction of sp³-hybridized carbons (Fsp3) is 0.462. The van der Waals surface area contributed by atoms with E-state index in [1.807, 2.05) is 18.2 Å². The average Bonchev–Trinajstić information content (AvgIpc) is 2.90. The van der Waals surface area contributed by atoms with Gasteiger partial charge in [0, 0.05) is 19.6 Å². The lowest BCUT2D eigenvalue weighted by atomic mass is 10.2. The molecule has 2 N–H and O–H groups in total. The summed E-state index contributed by atoms with van der Waals surface area (Å²) in [5, 5.41) is 0. The second-order valence-electron chi connectivity index (χ2n) is 4.89. The number of nitrogens with zero attached hydrogens (tertiary/aromatic N) is 1. The molecule has 1 heterocycles. The van der Waals surface area contributed by atoms with Gasteiger partial charge in [-0.15, -0.1) is 0 Å². The number of ether oxygens (including phenoxy) is 2. The van der Waals surface area contributed by atoms with Gasteiger partial charge in [-0.25, -0.2) is 0 Å². The van der Waals surface area contributed by atoms with Crippen molar-refractivity contribution in [2.45, 2.75) is 19.0 Å². The summed E-state index contributed by atoms with van der Waals surface area (Å²) < 4.78 is 10.6. The van der Waals surface area contributed by atoms with Crippen molar-refractivity contribution in [3.63, 3.8) is 0 Å². The summed E-state index contributed by atoms with van der Waals surface area (Å²) in [6, 6.07) is 5.79. The maximum atomic E-state index is 11.9. The summed E-state index contributed by atoms with van der Waals surface area (Å²) in [5.74, 6) is 1.65. The van der Waals surface area contributed by atoms with Crippen LogP contribution in [0.15, 0.2) is 18.2 Å². The van der Waals surface area contributed by atoms with Crippen LogP contribution >= 0.6 is 0 Å². The van der Waals surface area contributed by atoms with Crippen molar-refractivity contribution in [3.8, 4) is 11.5 Å². The highest BCUT2D eigenvalue weighted by Crippen LogP contribution is 2.33. The molecule has 2 aliphatic rings. The van der Waals surface area contributed by atoms with E-state index >= 15 is 0 Å². The van der Waals surface area contributed by atoms with Crippen molar-refractivity contribution in [2.24, 2.45) is 11.7 Å². The van der Waals surface area contributed by atoms with Gasteiger partial charge < -0.3 is 20.1 Å². The van der Waals surface area contributed by atoms with Gasteiger partial charge in [-0.1, -0.05) is 6.07 Å². The second kappa shape index (κ2) is 4.17. The SMILES string of the molecule is CN(Cc1ccc2c(c1)OCO2)C(=O)C1CC1N. The summed E-state index contributed by atoms with van der Waals surface area (Å²) in [6.07, 6.45) is 0.810. The highest BCUT2D eigenvalue weighted by molar-refractivity contribution is 5.82. The van der Waals surface area contributed by atoms with Crippen LogP contribution < -0.4 is 15.2 Å². The minimum atomic E-state index is 0.0176. The van der Waals surface area contributed by atoms with E-state index < -0.39 is 0 Å². The summed E-state index contributed by atoms with van der Waals surface area (Å²) in [4.78, 5) is 13.7. The molecule has 1 aromatic carbocycles. The Balaban J connectivity index is 1.67. The van der Waals surface area contributed by atoms with E-state index in [2.05, 4.69) is 0 Å². The van der Waals surface area contributed by atoms with Crippen molar-refractivity contribution in [2.75, 3.05) is 13.8 Å². The molecule has 18 heavy (non-hydrogen) atoms. The first-order valence-electron chi connectivity index (χ1n) is 6.04. The molecule has 1 fully saturated rings. The molecule has 0 radical (unpaired) electrons. The Morgan fingerprint density at radius 2 is 2.17 bits per heavy atom. The molecule has 0 spiro atoms. The zero-order valence-electron chi connectivity index (χ0n) is 10.3. The largest absolute Gasteiger partial charge is 0.454 e. The summed E-state index contributed by atoms with van der Waals surface area (Å²) in [7, 11) is 1.80. The molecule has 1 aromatic rings. The molecule has 0 bridgehead atoms. The monoisotopic (exact) mass is 248 g/mol. The van der Waals surface area contributed by atoms with Gasteiger partial charge in [0.1, 0.15) is 0 Å². The number of rotatable bonds is 3. The first kappa shape index (κ1) is 11.3. The van der Waals surface area contributed by atoms with Gasteiger partial charge in [0.25, 0.3) is 0 Å². The number of hydrogen-bond acceptors (Lipinski definition) is 4.